The quantitative estimate of drug-likeness (QED) is 0.494. The Hall–Kier alpha value is -2.09. The largest absolute Gasteiger partial charge is 0.444 e. The Morgan fingerprint density at radius 1 is 1.07 bits per heavy atom. The van der Waals surface area contributed by atoms with Gasteiger partial charge in [-0.05, 0) is 54.9 Å². The lowest BCUT2D eigenvalue weighted by Crippen LogP contribution is -2.44. The molecule has 3 atom stereocenters. The molecule has 0 aromatic rings. The van der Waals surface area contributed by atoms with Crippen LogP contribution in [0.5, 0.6) is 0 Å². The fourth-order valence-electron chi connectivity index (χ4n) is 3.38. The first-order valence-corrected chi connectivity index (χ1v) is 10.1. The molecule has 0 spiro atoms. The van der Waals surface area contributed by atoms with Crippen LogP contribution in [0.4, 0.5) is 9.59 Å². The predicted molar refractivity (Wildman–Crippen MR) is 112 cm³/mol. The third-order valence-electron chi connectivity index (χ3n) is 4.33. The molecule has 8 heteroatoms. The molecule has 1 heterocycles. The van der Waals surface area contributed by atoms with E-state index in [1.807, 2.05) is 0 Å². The Morgan fingerprint density at radius 2 is 1.66 bits per heavy atom. The zero-order valence-corrected chi connectivity index (χ0v) is 18.8. The summed E-state index contributed by atoms with van der Waals surface area (Å²) in [6.45, 7) is 17.3. The lowest BCUT2D eigenvalue weighted by atomic mass is 9.90. The zero-order valence-electron chi connectivity index (χ0n) is 18.8. The lowest BCUT2D eigenvalue weighted by Gasteiger charge is -2.28. The van der Waals surface area contributed by atoms with Crippen molar-refractivity contribution in [2.24, 2.45) is 5.92 Å². The minimum absolute atomic E-state index is 0.0844. The van der Waals surface area contributed by atoms with Crippen LogP contribution in [-0.2, 0) is 14.3 Å². The van der Waals surface area contributed by atoms with E-state index in [2.05, 4.69) is 17.2 Å². The van der Waals surface area contributed by atoms with Crippen LogP contribution in [0, 0.1) is 5.92 Å². The fourth-order valence-corrected chi connectivity index (χ4v) is 3.38. The van der Waals surface area contributed by atoms with Crippen LogP contribution in [0.15, 0.2) is 12.7 Å². The summed E-state index contributed by atoms with van der Waals surface area (Å²) in [6, 6.07) is -0.686. The summed E-state index contributed by atoms with van der Waals surface area (Å²) < 4.78 is 10.7. The van der Waals surface area contributed by atoms with Gasteiger partial charge >= 0.3 is 12.2 Å². The first-order chi connectivity index (χ1) is 13.2. The summed E-state index contributed by atoms with van der Waals surface area (Å²) in [4.78, 5) is 38.2. The summed E-state index contributed by atoms with van der Waals surface area (Å²) in [5.74, 6) is -0.196. The number of alkyl carbamates (subject to hydrolysis) is 1. The molecule has 2 amide bonds. The molecular formula is C21H37N3O5. The molecule has 1 aliphatic heterocycles. The normalized spacial score (nSPS) is 22.2. The van der Waals surface area contributed by atoms with Gasteiger partial charge in [-0.3, -0.25) is 9.69 Å². The topological polar surface area (TPSA) is 97.0 Å². The van der Waals surface area contributed by atoms with Crippen LogP contribution in [-0.4, -0.2) is 65.8 Å². The van der Waals surface area contributed by atoms with E-state index in [1.165, 1.54) is 11.8 Å². The highest BCUT2D eigenvalue weighted by Gasteiger charge is 2.46. The standard InChI is InChI=1S/C21H37N3O5/c1-9-10-15-16(22-11-12-23-18(26)28-20(3,4)5)13-24(17(15)14(2)25)19(27)29-21(6,7)8/h9,15-17,22H,1,10-13H2,2-8H3,(H,23,26)/t15-,16+,17-/m1/s1. The van der Waals surface area contributed by atoms with Crippen molar-refractivity contribution in [2.45, 2.75) is 78.2 Å². The molecule has 0 aliphatic carbocycles. The number of likely N-dealkylation sites (tertiary alicyclic amines) is 1. The number of nitrogens with one attached hydrogen (secondary N) is 2. The molecule has 0 aromatic heterocycles. The summed E-state index contributed by atoms with van der Waals surface area (Å²) in [6.07, 6.45) is 1.36. The van der Waals surface area contributed by atoms with Gasteiger partial charge in [-0.15, -0.1) is 6.58 Å². The Balaban J connectivity index is 2.75. The molecule has 0 aromatic carbocycles. The second-order valence-corrected chi connectivity index (χ2v) is 9.37. The smallest absolute Gasteiger partial charge is 0.410 e. The van der Waals surface area contributed by atoms with E-state index in [9.17, 15) is 14.4 Å². The second-order valence-electron chi connectivity index (χ2n) is 9.37. The number of hydrogen-bond acceptors (Lipinski definition) is 6. The molecular weight excluding hydrogens is 374 g/mol. The highest BCUT2D eigenvalue weighted by Crippen LogP contribution is 2.30. The van der Waals surface area contributed by atoms with Gasteiger partial charge in [-0.2, -0.15) is 0 Å². The number of ether oxygens (including phenoxy) is 2. The fraction of sp³-hybridized carbons (Fsp3) is 0.762. The highest BCUT2D eigenvalue weighted by atomic mass is 16.6. The van der Waals surface area contributed by atoms with Gasteiger partial charge in [0, 0.05) is 31.6 Å². The van der Waals surface area contributed by atoms with Crippen LogP contribution < -0.4 is 10.6 Å². The van der Waals surface area contributed by atoms with Crippen molar-refractivity contribution in [3.05, 3.63) is 12.7 Å². The molecule has 1 rings (SSSR count). The van der Waals surface area contributed by atoms with Gasteiger partial charge in [0.15, 0.2) is 5.78 Å². The number of carbonyl (C=O) groups excluding carboxylic acids is 3. The van der Waals surface area contributed by atoms with Crippen LogP contribution in [0.2, 0.25) is 0 Å². The van der Waals surface area contributed by atoms with Crippen molar-refractivity contribution in [3.8, 4) is 0 Å². The number of nitrogens with zero attached hydrogens (tertiary/aromatic N) is 1. The molecule has 0 radical (unpaired) electrons. The summed E-state index contributed by atoms with van der Waals surface area (Å²) in [5, 5.41) is 6.04. The van der Waals surface area contributed by atoms with Crippen LogP contribution in [0.3, 0.4) is 0 Å². The van der Waals surface area contributed by atoms with E-state index in [0.29, 0.717) is 26.1 Å². The second kappa shape index (κ2) is 10.1. The SMILES string of the molecule is C=CC[C@@H]1[C@@H](NCCNC(=O)OC(C)(C)C)CN(C(=O)OC(C)(C)C)[C@@H]1C(C)=O. The molecule has 0 saturated carbocycles. The van der Waals surface area contributed by atoms with E-state index in [4.69, 9.17) is 9.47 Å². The van der Waals surface area contributed by atoms with E-state index < -0.39 is 29.4 Å². The summed E-state index contributed by atoms with van der Waals surface area (Å²) in [7, 11) is 0. The van der Waals surface area contributed by atoms with Gasteiger partial charge in [0.05, 0.1) is 6.04 Å². The number of rotatable bonds is 7. The van der Waals surface area contributed by atoms with Crippen molar-refractivity contribution < 1.29 is 23.9 Å². The maximum absolute atomic E-state index is 12.6. The zero-order chi connectivity index (χ0) is 22.4. The van der Waals surface area contributed by atoms with Crippen molar-refractivity contribution in [3.63, 3.8) is 0 Å². The van der Waals surface area contributed by atoms with Crippen molar-refractivity contribution in [2.75, 3.05) is 19.6 Å². The molecule has 8 nitrogen and oxygen atoms in total. The van der Waals surface area contributed by atoms with Crippen molar-refractivity contribution >= 4 is 18.0 Å². The highest BCUT2D eigenvalue weighted by molar-refractivity contribution is 5.86. The minimum Gasteiger partial charge on any atom is -0.444 e. The summed E-state index contributed by atoms with van der Waals surface area (Å²) >= 11 is 0. The van der Waals surface area contributed by atoms with Gasteiger partial charge in [-0.25, -0.2) is 9.59 Å². The van der Waals surface area contributed by atoms with Crippen LogP contribution in [0.25, 0.3) is 0 Å². The first-order valence-electron chi connectivity index (χ1n) is 10.1. The van der Waals surface area contributed by atoms with Crippen molar-refractivity contribution in [1.29, 1.82) is 0 Å². The number of carbonyl (C=O) groups is 3. The Bertz CT molecular complexity index is 606. The van der Waals surface area contributed by atoms with Gasteiger partial charge in [0.1, 0.15) is 11.2 Å². The monoisotopic (exact) mass is 411 g/mol. The van der Waals surface area contributed by atoms with E-state index in [0.717, 1.165) is 0 Å². The third kappa shape index (κ3) is 8.43. The molecule has 2 N–H and O–H groups in total. The van der Waals surface area contributed by atoms with E-state index in [1.54, 1.807) is 47.6 Å². The maximum atomic E-state index is 12.6. The maximum Gasteiger partial charge on any atom is 0.410 e. The van der Waals surface area contributed by atoms with Crippen LogP contribution in [0.1, 0.15) is 54.9 Å². The number of ketones is 1. The van der Waals surface area contributed by atoms with Gasteiger partial charge in [0.2, 0.25) is 0 Å². The van der Waals surface area contributed by atoms with E-state index in [-0.39, 0.29) is 17.7 Å². The summed E-state index contributed by atoms with van der Waals surface area (Å²) in [5.41, 5.74) is -1.20. The van der Waals surface area contributed by atoms with Crippen LogP contribution >= 0.6 is 0 Å². The molecule has 0 bridgehead atoms. The van der Waals surface area contributed by atoms with Gasteiger partial charge < -0.3 is 20.1 Å². The number of allylic oxidation sites excluding steroid dienone is 1. The van der Waals surface area contributed by atoms with Crippen molar-refractivity contribution in [1.82, 2.24) is 15.5 Å². The van der Waals surface area contributed by atoms with Gasteiger partial charge in [-0.1, -0.05) is 6.08 Å². The Labute approximate surface area is 174 Å². The Morgan fingerprint density at radius 3 is 2.14 bits per heavy atom. The molecule has 166 valence electrons. The number of Topliss-reactive ketones (excluding diaryl/α,β-unsaturated/α-hetero) is 1. The molecule has 1 fully saturated rings. The Kier molecular flexibility index (Phi) is 8.68. The molecule has 1 aliphatic rings. The minimum atomic E-state index is -0.644. The number of hydrogen-bond donors (Lipinski definition) is 2. The molecule has 1 saturated heterocycles. The van der Waals surface area contributed by atoms with Gasteiger partial charge in [0.25, 0.3) is 0 Å². The predicted octanol–water partition coefficient (Wildman–Crippen LogP) is 2.87. The average Bonchev–Trinajstić information content (AvgIpc) is 2.87. The molecule has 0 unspecified atom stereocenters. The third-order valence-corrected chi connectivity index (χ3v) is 4.33. The lowest BCUT2D eigenvalue weighted by molar-refractivity contribution is -0.122. The first kappa shape index (κ1) is 24.9. The van der Waals surface area contributed by atoms with E-state index >= 15 is 0 Å². The number of amides is 2. The molecule has 29 heavy (non-hydrogen) atoms. The average molecular weight is 412 g/mol.